The molecule has 0 bridgehead atoms. The lowest BCUT2D eigenvalue weighted by molar-refractivity contribution is 0.669. The predicted molar refractivity (Wildman–Crippen MR) is 187 cm³/mol. The molecule has 3 heteroatoms. The van der Waals surface area contributed by atoms with Gasteiger partial charge in [-0.1, -0.05) is 121 Å². The zero-order valence-electron chi connectivity index (χ0n) is 24.4. The quantitative estimate of drug-likeness (QED) is 0.204. The number of hydrogen-bond acceptors (Lipinski definition) is 3. The number of rotatable bonds is 5. The van der Waals surface area contributed by atoms with Crippen LogP contribution in [0, 0.1) is 0 Å². The molecule has 0 saturated heterocycles. The maximum atomic E-state index is 6.80. The highest BCUT2D eigenvalue weighted by Crippen LogP contribution is 2.50. The van der Waals surface area contributed by atoms with Gasteiger partial charge >= 0.3 is 0 Å². The van der Waals surface area contributed by atoms with Crippen LogP contribution in [-0.4, -0.2) is 0 Å². The van der Waals surface area contributed by atoms with E-state index in [1.807, 2.05) is 24.3 Å². The summed E-state index contributed by atoms with van der Waals surface area (Å²) >= 11 is 0. The Morgan fingerprint density at radius 3 is 1.71 bits per heavy atom. The summed E-state index contributed by atoms with van der Waals surface area (Å²) in [5.41, 5.74) is 11.0. The van der Waals surface area contributed by atoms with Crippen molar-refractivity contribution in [3.8, 4) is 22.3 Å². The summed E-state index contributed by atoms with van der Waals surface area (Å²) in [4.78, 5) is 2.37. The van der Waals surface area contributed by atoms with Crippen LogP contribution in [-0.2, 0) is 0 Å². The summed E-state index contributed by atoms with van der Waals surface area (Å²) in [5.74, 6) is 0. The summed E-state index contributed by atoms with van der Waals surface area (Å²) < 4.78 is 13.1. The zero-order valence-corrected chi connectivity index (χ0v) is 24.4. The van der Waals surface area contributed by atoms with Gasteiger partial charge in [0.25, 0.3) is 0 Å². The first-order chi connectivity index (χ1) is 22.3. The molecule has 0 atom stereocenters. The molecule has 0 fully saturated rings. The predicted octanol–water partition coefficient (Wildman–Crippen LogP) is 12.3. The third-order valence-electron chi connectivity index (χ3n) is 8.68. The molecule has 212 valence electrons. The molecule has 7 aromatic carbocycles. The Balaban J connectivity index is 1.43. The van der Waals surface area contributed by atoms with E-state index in [0.29, 0.717) is 0 Å². The van der Waals surface area contributed by atoms with Crippen LogP contribution in [0.15, 0.2) is 173 Å². The van der Waals surface area contributed by atoms with Crippen LogP contribution < -0.4 is 4.90 Å². The summed E-state index contributed by atoms with van der Waals surface area (Å²) in [6.07, 6.45) is 0. The Bertz CT molecular complexity index is 2490. The molecule has 45 heavy (non-hydrogen) atoms. The first-order valence-electron chi connectivity index (χ1n) is 15.2. The first-order valence-corrected chi connectivity index (χ1v) is 15.2. The topological polar surface area (TPSA) is 29.5 Å². The maximum Gasteiger partial charge on any atom is 0.160 e. The van der Waals surface area contributed by atoms with E-state index in [1.54, 1.807) is 0 Å². The van der Waals surface area contributed by atoms with Crippen molar-refractivity contribution in [3.63, 3.8) is 0 Å². The van der Waals surface area contributed by atoms with E-state index in [0.717, 1.165) is 83.2 Å². The van der Waals surface area contributed by atoms with Gasteiger partial charge in [-0.05, 0) is 53.6 Å². The van der Waals surface area contributed by atoms with Gasteiger partial charge in [0.05, 0.1) is 11.4 Å². The number of anilines is 3. The van der Waals surface area contributed by atoms with Crippen LogP contribution in [0.25, 0.3) is 66.1 Å². The van der Waals surface area contributed by atoms with Crippen molar-refractivity contribution >= 4 is 60.9 Å². The minimum atomic E-state index is 0.845. The number of hydrogen-bond donors (Lipinski definition) is 0. The van der Waals surface area contributed by atoms with Gasteiger partial charge < -0.3 is 13.7 Å². The van der Waals surface area contributed by atoms with Crippen molar-refractivity contribution in [2.75, 3.05) is 4.90 Å². The molecule has 0 unspecified atom stereocenters. The Hall–Kier alpha value is -6.06. The molecule has 2 heterocycles. The Labute approximate surface area is 260 Å². The van der Waals surface area contributed by atoms with Gasteiger partial charge in [0.2, 0.25) is 0 Å². The van der Waals surface area contributed by atoms with E-state index in [1.165, 1.54) is 0 Å². The molecular formula is C42H27NO2. The van der Waals surface area contributed by atoms with E-state index in [9.17, 15) is 0 Å². The lowest BCUT2D eigenvalue weighted by atomic mass is 9.97. The van der Waals surface area contributed by atoms with E-state index in [4.69, 9.17) is 8.83 Å². The Morgan fingerprint density at radius 2 is 0.956 bits per heavy atom. The van der Waals surface area contributed by atoms with Gasteiger partial charge in [-0.15, -0.1) is 0 Å². The molecule has 0 aliphatic rings. The summed E-state index contributed by atoms with van der Waals surface area (Å²) in [6, 6.07) is 57.2. The molecule has 0 spiro atoms. The van der Waals surface area contributed by atoms with E-state index < -0.39 is 0 Å². The smallest absolute Gasteiger partial charge is 0.160 e. The number of para-hydroxylation sites is 3. The van der Waals surface area contributed by atoms with Crippen molar-refractivity contribution in [1.29, 1.82) is 0 Å². The molecule has 2 aromatic heterocycles. The van der Waals surface area contributed by atoms with Crippen LogP contribution in [0.2, 0.25) is 0 Å². The Morgan fingerprint density at radius 1 is 0.378 bits per heavy atom. The molecule has 9 aromatic rings. The fourth-order valence-corrected chi connectivity index (χ4v) is 6.62. The molecule has 0 radical (unpaired) electrons. The van der Waals surface area contributed by atoms with Crippen LogP contribution in [0.4, 0.5) is 17.1 Å². The molecule has 0 aliphatic carbocycles. The normalized spacial score (nSPS) is 11.6. The molecule has 0 aliphatic heterocycles. The Kier molecular flexibility index (Phi) is 5.82. The second-order valence-corrected chi connectivity index (χ2v) is 11.3. The second kappa shape index (κ2) is 10.3. The van der Waals surface area contributed by atoms with Crippen molar-refractivity contribution in [3.05, 3.63) is 164 Å². The van der Waals surface area contributed by atoms with Gasteiger partial charge in [-0.2, -0.15) is 0 Å². The van der Waals surface area contributed by atoms with Crippen LogP contribution >= 0.6 is 0 Å². The fourth-order valence-electron chi connectivity index (χ4n) is 6.62. The van der Waals surface area contributed by atoms with Crippen molar-refractivity contribution in [2.24, 2.45) is 0 Å². The number of furan rings is 2. The SMILES string of the molecule is c1ccc(-c2ccccc2N(c2ccc3oc4ccccc4c3c2)c2c(-c3ccccc3)ccc3c2oc2ccccc23)cc1. The van der Waals surface area contributed by atoms with Gasteiger partial charge in [0, 0.05) is 38.4 Å². The minimum absolute atomic E-state index is 0.845. The van der Waals surface area contributed by atoms with Crippen molar-refractivity contribution in [2.45, 2.75) is 0 Å². The highest BCUT2D eigenvalue weighted by Gasteiger charge is 2.26. The van der Waals surface area contributed by atoms with Crippen LogP contribution in [0.1, 0.15) is 0 Å². The zero-order chi connectivity index (χ0) is 29.7. The molecule has 0 N–H and O–H groups in total. The molecular weight excluding hydrogens is 550 g/mol. The van der Waals surface area contributed by atoms with Gasteiger partial charge in [0.15, 0.2) is 5.58 Å². The van der Waals surface area contributed by atoms with Gasteiger partial charge in [-0.25, -0.2) is 0 Å². The largest absolute Gasteiger partial charge is 0.456 e. The van der Waals surface area contributed by atoms with Crippen molar-refractivity contribution in [1.82, 2.24) is 0 Å². The lowest BCUT2D eigenvalue weighted by Gasteiger charge is -2.30. The van der Waals surface area contributed by atoms with Crippen LogP contribution in [0.3, 0.4) is 0 Å². The summed E-state index contributed by atoms with van der Waals surface area (Å²) in [7, 11) is 0. The monoisotopic (exact) mass is 577 g/mol. The van der Waals surface area contributed by atoms with Gasteiger partial charge in [-0.3, -0.25) is 0 Å². The first kappa shape index (κ1) is 25.4. The lowest BCUT2D eigenvalue weighted by Crippen LogP contribution is -2.13. The molecule has 9 rings (SSSR count). The van der Waals surface area contributed by atoms with Crippen LogP contribution in [0.5, 0.6) is 0 Å². The number of nitrogens with zero attached hydrogens (tertiary/aromatic N) is 1. The maximum absolute atomic E-state index is 6.80. The van der Waals surface area contributed by atoms with Crippen molar-refractivity contribution < 1.29 is 8.83 Å². The number of benzene rings is 7. The average molecular weight is 578 g/mol. The van der Waals surface area contributed by atoms with Gasteiger partial charge in [0.1, 0.15) is 16.7 Å². The average Bonchev–Trinajstić information content (AvgIpc) is 3.68. The van der Waals surface area contributed by atoms with E-state index in [2.05, 4.69) is 144 Å². The third-order valence-corrected chi connectivity index (χ3v) is 8.68. The number of fused-ring (bicyclic) bond motifs is 6. The summed E-state index contributed by atoms with van der Waals surface area (Å²) in [6.45, 7) is 0. The molecule has 3 nitrogen and oxygen atoms in total. The second-order valence-electron chi connectivity index (χ2n) is 11.3. The van der Waals surface area contributed by atoms with E-state index in [-0.39, 0.29) is 0 Å². The molecule has 0 saturated carbocycles. The summed E-state index contributed by atoms with van der Waals surface area (Å²) in [5, 5.41) is 4.34. The fraction of sp³-hybridized carbons (Fsp3) is 0. The minimum Gasteiger partial charge on any atom is -0.456 e. The highest BCUT2D eigenvalue weighted by atomic mass is 16.3. The standard InChI is InChI=1S/C42H27NO2/c1-3-13-28(14-4-1)31-17-7-10-20-37(31)43(30-23-26-40-36(27-30)34-19-9-11-21-38(34)44-40)41-32(29-15-5-2-6-16-29)24-25-35-33-18-8-12-22-39(33)45-42(35)41/h1-27H. The molecule has 0 amide bonds. The third kappa shape index (κ3) is 4.13. The highest BCUT2D eigenvalue weighted by molar-refractivity contribution is 6.15. The van der Waals surface area contributed by atoms with E-state index >= 15 is 0 Å².